The molecular formula is C28H38N2. The molecule has 2 heteroatoms. The van der Waals surface area contributed by atoms with Gasteiger partial charge in [0.05, 0.1) is 16.9 Å². The standard InChI is InChI=1S/C26H32N2.C2H6/c1-18(2)21-14-10-15-22(19(3)4)25(21)28-26(5,6)24-17-11-16-23(27-24)20-12-8-7-9-13-20;1-2/h7-19,28H,1-6H3;1-2H3. The summed E-state index contributed by atoms with van der Waals surface area (Å²) in [5.41, 5.74) is 6.88. The fourth-order valence-corrected chi connectivity index (χ4v) is 3.62. The summed E-state index contributed by atoms with van der Waals surface area (Å²) in [6.07, 6.45) is 0. The predicted molar refractivity (Wildman–Crippen MR) is 132 cm³/mol. The molecule has 0 spiro atoms. The van der Waals surface area contributed by atoms with Crippen LogP contribution in [0.2, 0.25) is 0 Å². The number of nitrogens with zero attached hydrogens (tertiary/aromatic N) is 1. The largest absolute Gasteiger partial charge is 0.374 e. The monoisotopic (exact) mass is 402 g/mol. The van der Waals surface area contributed by atoms with E-state index in [-0.39, 0.29) is 5.54 Å². The predicted octanol–water partition coefficient (Wildman–Crippen LogP) is 8.37. The molecule has 0 aliphatic carbocycles. The maximum Gasteiger partial charge on any atom is 0.0739 e. The Hall–Kier alpha value is -2.61. The van der Waals surface area contributed by atoms with Crippen LogP contribution in [-0.2, 0) is 5.54 Å². The van der Waals surface area contributed by atoms with Gasteiger partial charge in [-0.1, -0.05) is 96.1 Å². The third kappa shape index (κ3) is 5.50. The molecule has 2 aromatic carbocycles. The molecule has 0 saturated heterocycles. The van der Waals surface area contributed by atoms with Gasteiger partial charge in [-0.15, -0.1) is 0 Å². The lowest BCUT2D eigenvalue weighted by atomic mass is 9.90. The molecule has 3 rings (SSSR count). The molecule has 0 aliphatic rings. The van der Waals surface area contributed by atoms with Crippen LogP contribution in [-0.4, -0.2) is 4.98 Å². The summed E-state index contributed by atoms with van der Waals surface area (Å²) in [5, 5.41) is 3.85. The van der Waals surface area contributed by atoms with E-state index >= 15 is 0 Å². The number of benzene rings is 2. The van der Waals surface area contributed by atoms with E-state index < -0.39 is 0 Å². The molecule has 30 heavy (non-hydrogen) atoms. The van der Waals surface area contributed by atoms with Crippen molar-refractivity contribution in [1.82, 2.24) is 4.98 Å². The minimum absolute atomic E-state index is 0.292. The molecule has 1 N–H and O–H groups in total. The molecule has 0 aliphatic heterocycles. The molecule has 160 valence electrons. The molecule has 0 amide bonds. The average molecular weight is 403 g/mol. The summed E-state index contributed by atoms with van der Waals surface area (Å²) in [5.74, 6) is 0.918. The summed E-state index contributed by atoms with van der Waals surface area (Å²) in [7, 11) is 0. The van der Waals surface area contributed by atoms with Crippen molar-refractivity contribution in [2.75, 3.05) is 5.32 Å². The first kappa shape index (κ1) is 23.7. The van der Waals surface area contributed by atoms with E-state index in [4.69, 9.17) is 4.98 Å². The highest BCUT2D eigenvalue weighted by atomic mass is 15.0. The second kappa shape index (κ2) is 10.4. The van der Waals surface area contributed by atoms with Crippen LogP contribution in [0.5, 0.6) is 0 Å². The lowest BCUT2D eigenvalue weighted by Crippen LogP contribution is -2.30. The van der Waals surface area contributed by atoms with E-state index in [2.05, 4.69) is 108 Å². The second-order valence-electron chi connectivity index (χ2n) is 8.64. The Balaban J connectivity index is 0.00000155. The van der Waals surface area contributed by atoms with Gasteiger partial charge in [0.15, 0.2) is 0 Å². The Kier molecular flexibility index (Phi) is 8.23. The minimum atomic E-state index is -0.292. The van der Waals surface area contributed by atoms with Gasteiger partial charge in [-0.3, -0.25) is 4.98 Å². The highest BCUT2D eigenvalue weighted by Gasteiger charge is 2.26. The highest BCUT2D eigenvalue weighted by Crippen LogP contribution is 2.36. The molecule has 2 nitrogen and oxygen atoms in total. The molecule has 0 radical (unpaired) electrons. The first-order valence-corrected chi connectivity index (χ1v) is 11.2. The van der Waals surface area contributed by atoms with E-state index in [1.807, 2.05) is 19.9 Å². The van der Waals surface area contributed by atoms with Crippen LogP contribution >= 0.6 is 0 Å². The molecule has 1 heterocycles. The zero-order valence-electron chi connectivity index (χ0n) is 20.0. The van der Waals surface area contributed by atoms with E-state index in [1.54, 1.807) is 0 Å². The average Bonchev–Trinajstić information content (AvgIpc) is 2.75. The van der Waals surface area contributed by atoms with E-state index in [9.17, 15) is 0 Å². The summed E-state index contributed by atoms with van der Waals surface area (Å²) < 4.78 is 0. The summed E-state index contributed by atoms with van der Waals surface area (Å²) in [6.45, 7) is 17.5. The third-order valence-electron chi connectivity index (χ3n) is 5.27. The normalized spacial score (nSPS) is 11.3. The Morgan fingerprint density at radius 1 is 0.700 bits per heavy atom. The van der Waals surface area contributed by atoms with Gasteiger partial charge in [0.2, 0.25) is 0 Å². The third-order valence-corrected chi connectivity index (χ3v) is 5.27. The van der Waals surface area contributed by atoms with Crippen molar-refractivity contribution < 1.29 is 0 Å². The Morgan fingerprint density at radius 3 is 1.77 bits per heavy atom. The number of aromatic nitrogens is 1. The number of hydrogen-bond donors (Lipinski definition) is 1. The van der Waals surface area contributed by atoms with Crippen molar-refractivity contribution in [2.45, 2.75) is 72.8 Å². The second-order valence-corrected chi connectivity index (χ2v) is 8.64. The number of pyridine rings is 1. The van der Waals surface area contributed by atoms with Gasteiger partial charge >= 0.3 is 0 Å². The van der Waals surface area contributed by atoms with Crippen LogP contribution in [0.4, 0.5) is 5.69 Å². The van der Waals surface area contributed by atoms with Crippen molar-refractivity contribution in [3.8, 4) is 11.3 Å². The zero-order valence-corrected chi connectivity index (χ0v) is 20.0. The van der Waals surface area contributed by atoms with Crippen LogP contribution in [0, 0.1) is 0 Å². The fraction of sp³-hybridized carbons (Fsp3) is 0.393. The minimum Gasteiger partial charge on any atom is -0.374 e. The van der Waals surface area contributed by atoms with Crippen LogP contribution in [0.1, 0.15) is 84.0 Å². The van der Waals surface area contributed by atoms with Gasteiger partial charge in [0, 0.05) is 11.3 Å². The van der Waals surface area contributed by atoms with Crippen LogP contribution in [0.3, 0.4) is 0 Å². The zero-order chi connectivity index (χ0) is 22.3. The molecule has 0 bridgehead atoms. The lowest BCUT2D eigenvalue weighted by Gasteiger charge is -2.31. The van der Waals surface area contributed by atoms with E-state index in [0.717, 1.165) is 17.0 Å². The van der Waals surface area contributed by atoms with Gasteiger partial charge in [-0.05, 0) is 48.9 Å². The van der Waals surface area contributed by atoms with Crippen LogP contribution in [0.25, 0.3) is 11.3 Å². The first-order chi connectivity index (χ1) is 14.3. The SMILES string of the molecule is CC.CC(C)c1cccc(C(C)C)c1NC(C)(C)c1cccc(-c2ccccc2)n1. The molecule has 1 aromatic heterocycles. The van der Waals surface area contributed by atoms with Crippen molar-refractivity contribution in [3.05, 3.63) is 83.6 Å². The fourth-order valence-electron chi connectivity index (χ4n) is 3.62. The van der Waals surface area contributed by atoms with Crippen LogP contribution < -0.4 is 5.32 Å². The molecule has 0 fully saturated rings. The maximum atomic E-state index is 5.00. The summed E-state index contributed by atoms with van der Waals surface area (Å²) in [4.78, 5) is 5.00. The first-order valence-electron chi connectivity index (χ1n) is 11.2. The van der Waals surface area contributed by atoms with Gasteiger partial charge in [-0.25, -0.2) is 0 Å². The Bertz CT molecular complexity index is 898. The molecular weight excluding hydrogens is 364 g/mol. The van der Waals surface area contributed by atoms with E-state index in [1.165, 1.54) is 16.8 Å². The lowest BCUT2D eigenvalue weighted by molar-refractivity contribution is 0.584. The quantitative estimate of drug-likeness (QED) is 0.448. The van der Waals surface area contributed by atoms with Crippen molar-refractivity contribution in [2.24, 2.45) is 0 Å². The number of para-hydroxylation sites is 1. The number of nitrogens with one attached hydrogen (secondary N) is 1. The maximum absolute atomic E-state index is 5.00. The van der Waals surface area contributed by atoms with Crippen molar-refractivity contribution in [3.63, 3.8) is 0 Å². The highest BCUT2D eigenvalue weighted by molar-refractivity contribution is 5.63. The number of rotatable bonds is 6. The Labute approximate surface area is 183 Å². The summed E-state index contributed by atoms with van der Waals surface area (Å²) in [6, 6.07) is 23.3. The van der Waals surface area contributed by atoms with Gasteiger partial charge in [0.1, 0.15) is 0 Å². The van der Waals surface area contributed by atoms with Gasteiger partial charge in [0.25, 0.3) is 0 Å². The smallest absolute Gasteiger partial charge is 0.0739 e. The Morgan fingerprint density at radius 2 is 1.23 bits per heavy atom. The van der Waals surface area contributed by atoms with Crippen LogP contribution in [0.15, 0.2) is 66.7 Å². The molecule has 3 aromatic rings. The van der Waals surface area contributed by atoms with E-state index in [0.29, 0.717) is 11.8 Å². The molecule has 0 saturated carbocycles. The van der Waals surface area contributed by atoms with Gasteiger partial charge < -0.3 is 5.32 Å². The molecule has 0 unspecified atom stereocenters. The number of hydrogen-bond acceptors (Lipinski definition) is 2. The number of anilines is 1. The molecule has 0 atom stereocenters. The van der Waals surface area contributed by atoms with Crippen molar-refractivity contribution >= 4 is 5.69 Å². The van der Waals surface area contributed by atoms with Gasteiger partial charge in [-0.2, -0.15) is 0 Å². The topological polar surface area (TPSA) is 24.9 Å². The summed E-state index contributed by atoms with van der Waals surface area (Å²) >= 11 is 0. The van der Waals surface area contributed by atoms with Crippen molar-refractivity contribution in [1.29, 1.82) is 0 Å².